The second kappa shape index (κ2) is 9.11. The fourth-order valence-electron chi connectivity index (χ4n) is 4.52. The lowest BCUT2D eigenvalue weighted by Crippen LogP contribution is -2.54. The molecule has 2 unspecified atom stereocenters. The van der Waals surface area contributed by atoms with Gasteiger partial charge < -0.3 is 25.4 Å². The highest BCUT2D eigenvalue weighted by Gasteiger charge is 2.49. The Balaban J connectivity index is 1.65. The van der Waals surface area contributed by atoms with Crippen LogP contribution in [0.1, 0.15) is 19.4 Å². The summed E-state index contributed by atoms with van der Waals surface area (Å²) in [5.74, 6) is 0.728. The Morgan fingerprint density at radius 3 is 2.94 bits per heavy atom. The van der Waals surface area contributed by atoms with Crippen LogP contribution >= 0.6 is 0 Å². The number of dihydropyridines is 1. The standard InChI is InChI=1S/C24H28N8O4/c1-14-11-36-12-15-8-16(21(33)31(10-15)17-6-5-7-26-20(17)35-4)29-19-9-18(25-3)24(2)22(30-19)32(13-27-24)23(34)28-14/h5-10,13-14,22,25H,11-12H2,1-4H3,(H,28,34)(H,29,30)/t14-,22?,24?/m1/s1. The van der Waals surface area contributed by atoms with Gasteiger partial charge in [-0.2, -0.15) is 0 Å². The maximum atomic E-state index is 13.6. The summed E-state index contributed by atoms with van der Waals surface area (Å²) in [5.41, 5.74) is 1.17. The van der Waals surface area contributed by atoms with Crippen molar-refractivity contribution in [3.8, 4) is 11.6 Å². The van der Waals surface area contributed by atoms with Gasteiger partial charge >= 0.3 is 6.03 Å². The molecule has 0 fully saturated rings. The molecule has 3 aliphatic heterocycles. The molecular weight excluding hydrogens is 464 g/mol. The van der Waals surface area contributed by atoms with Crippen LogP contribution in [0.5, 0.6) is 5.88 Å². The summed E-state index contributed by atoms with van der Waals surface area (Å²) in [6, 6.07) is 4.63. The molecule has 3 N–H and O–H groups in total. The third kappa shape index (κ3) is 3.98. The number of hydrogen-bond donors (Lipinski definition) is 3. The number of methoxy groups -OCH3 is 1. The predicted octanol–water partition coefficient (Wildman–Crippen LogP) is 1.23. The molecule has 5 rings (SSSR count). The van der Waals surface area contributed by atoms with Gasteiger partial charge in [-0.3, -0.25) is 19.3 Å². The van der Waals surface area contributed by atoms with Gasteiger partial charge in [-0.05, 0) is 37.6 Å². The number of nitrogens with zero attached hydrogens (tertiary/aromatic N) is 5. The highest BCUT2D eigenvalue weighted by molar-refractivity contribution is 6.06. The van der Waals surface area contributed by atoms with Crippen molar-refractivity contribution in [2.75, 3.05) is 26.1 Å². The molecule has 0 spiro atoms. The number of urea groups is 1. The van der Waals surface area contributed by atoms with Crippen LogP contribution in [0.15, 0.2) is 57.1 Å². The fourth-order valence-corrected chi connectivity index (χ4v) is 4.52. The first-order chi connectivity index (χ1) is 17.3. The molecule has 3 atom stereocenters. The molecule has 0 aromatic carbocycles. The third-order valence-corrected chi connectivity index (χ3v) is 6.36. The molecule has 2 aromatic rings. The van der Waals surface area contributed by atoms with Crippen molar-refractivity contribution in [1.29, 1.82) is 0 Å². The van der Waals surface area contributed by atoms with Crippen molar-refractivity contribution in [2.45, 2.75) is 38.2 Å². The number of pyridine rings is 2. The van der Waals surface area contributed by atoms with Gasteiger partial charge in [0, 0.05) is 31.2 Å². The van der Waals surface area contributed by atoms with Gasteiger partial charge in [0.25, 0.3) is 5.56 Å². The summed E-state index contributed by atoms with van der Waals surface area (Å²) in [6.45, 7) is 4.25. The molecule has 188 valence electrons. The van der Waals surface area contributed by atoms with E-state index in [4.69, 9.17) is 14.5 Å². The van der Waals surface area contributed by atoms with Crippen LogP contribution in [0.3, 0.4) is 0 Å². The van der Waals surface area contributed by atoms with E-state index in [1.165, 1.54) is 22.9 Å². The number of carbonyl (C=O) groups excluding carboxylic acids is 1. The van der Waals surface area contributed by atoms with Gasteiger partial charge in [-0.15, -0.1) is 0 Å². The smallest absolute Gasteiger partial charge is 0.324 e. The number of carbonyl (C=O) groups is 1. The Labute approximate surface area is 207 Å². The molecule has 12 nitrogen and oxygen atoms in total. The molecule has 0 aliphatic carbocycles. The average Bonchev–Trinajstić information content (AvgIpc) is 3.22. The minimum absolute atomic E-state index is 0.216. The van der Waals surface area contributed by atoms with Crippen molar-refractivity contribution in [1.82, 2.24) is 25.1 Å². The van der Waals surface area contributed by atoms with Crippen LogP contribution in [0.4, 0.5) is 10.5 Å². The van der Waals surface area contributed by atoms with Crippen molar-refractivity contribution in [2.24, 2.45) is 9.98 Å². The monoisotopic (exact) mass is 492 g/mol. The van der Waals surface area contributed by atoms with E-state index in [-0.39, 0.29) is 36.5 Å². The quantitative estimate of drug-likeness (QED) is 0.587. The zero-order valence-electron chi connectivity index (χ0n) is 20.5. The van der Waals surface area contributed by atoms with Crippen LogP contribution in [0.25, 0.3) is 5.69 Å². The largest absolute Gasteiger partial charge is 0.480 e. The predicted molar refractivity (Wildman–Crippen MR) is 135 cm³/mol. The van der Waals surface area contributed by atoms with E-state index >= 15 is 0 Å². The molecule has 2 amide bonds. The summed E-state index contributed by atoms with van der Waals surface area (Å²) < 4.78 is 12.8. The molecule has 36 heavy (non-hydrogen) atoms. The molecule has 0 saturated carbocycles. The lowest BCUT2D eigenvalue weighted by molar-refractivity contribution is 0.102. The summed E-state index contributed by atoms with van der Waals surface area (Å²) in [7, 11) is 3.29. The first kappa shape index (κ1) is 23.5. The lowest BCUT2D eigenvalue weighted by atomic mass is 9.92. The van der Waals surface area contributed by atoms with Crippen molar-refractivity contribution in [3.63, 3.8) is 0 Å². The third-order valence-electron chi connectivity index (χ3n) is 6.36. The average molecular weight is 493 g/mol. The van der Waals surface area contributed by atoms with E-state index in [0.717, 1.165) is 11.3 Å². The van der Waals surface area contributed by atoms with E-state index in [1.54, 1.807) is 43.7 Å². The minimum atomic E-state index is -0.792. The Kier molecular flexibility index (Phi) is 5.96. The number of nitrogens with one attached hydrogen (secondary N) is 3. The van der Waals surface area contributed by atoms with Crippen LogP contribution in [0, 0.1) is 0 Å². The summed E-state index contributed by atoms with van der Waals surface area (Å²) in [5, 5.41) is 9.28. The summed E-state index contributed by atoms with van der Waals surface area (Å²) in [4.78, 5) is 41.7. The molecule has 0 saturated heterocycles. The maximum Gasteiger partial charge on any atom is 0.324 e. The van der Waals surface area contributed by atoms with Gasteiger partial charge in [0.1, 0.15) is 22.7 Å². The number of anilines is 1. The number of aromatic nitrogens is 2. The molecule has 5 heterocycles. The Bertz CT molecular complexity index is 1350. The SMILES string of the molecule is CNC1=CC2=NC3N(C=NC13C)C(=O)N[C@H](C)COCc1cc(c(=O)n(-c3cccnc3OC)c1)N2. The minimum Gasteiger partial charge on any atom is -0.480 e. The van der Waals surface area contributed by atoms with Crippen LogP contribution < -0.4 is 26.2 Å². The van der Waals surface area contributed by atoms with Gasteiger partial charge in [0.05, 0.1) is 32.7 Å². The number of hydrogen-bond acceptors (Lipinski definition) is 9. The van der Waals surface area contributed by atoms with Crippen LogP contribution in [0.2, 0.25) is 0 Å². The molecule has 0 radical (unpaired) electrons. The number of aliphatic imine (C=N–C) groups is 2. The highest BCUT2D eigenvalue weighted by Crippen LogP contribution is 2.35. The van der Waals surface area contributed by atoms with E-state index < -0.39 is 11.7 Å². The fraction of sp³-hybridized carbons (Fsp3) is 0.375. The van der Waals surface area contributed by atoms with E-state index in [0.29, 0.717) is 17.4 Å². The van der Waals surface area contributed by atoms with Crippen molar-refractivity contribution in [3.05, 3.63) is 58.3 Å². The first-order valence-corrected chi connectivity index (χ1v) is 11.6. The molecular formula is C24H28N8O4. The molecule has 3 aliphatic rings. The van der Waals surface area contributed by atoms with E-state index in [1.807, 2.05) is 13.8 Å². The summed E-state index contributed by atoms with van der Waals surface area (Å²) >= 11 is 0. The Morgan fingerprint density at radius 1 is 1.33 bits per heavy atom. The zero-order valence-corrected chi connectivity index (χ0v) is 20.5. The number of rotatable bonds is 3. The number of fused-ring (bicyclic) bond motifs is 2. The molecule has 12 heteroatoms. The van der Waals surface area contributed by atoms with Gasteiger partial charge in [0.2, 0.25) is 5.88 Å². The molecule has 4 bridgehead atoms. The number of ether oxygens (including phenoxy) is 2. The van der Waals surface area contributed by atoms with E-state index in [2.05, 4.69) is 25.9 Å². The van der Waals surface area contributed by atoms with Gasteiger partial charge in [-0.1, -0.05) is 0 Å². The lowest BCUT2D eigenvalue weighted by Gasteiger charge is -2.36. The van der Waals surface area contributed by atoms with Crippen molar-refractivity contribution >= 4 is 23.9 Å². The van der Waals surface area contributed by atoms with Gasteiger partial charge in [-0.25, -0.2) is 14.8 Å². The van der Waals surface area contributed by atoms with Crippen LogP contribution in [-0.2, 0) is 11.3 Å². The molecule has 2 aromatic heterocycles. The highest BCUT2D eigenvalue weighted by atomic mass is 16.5. The summed E-state index contributed by atoms with van der Waals surface area (Å²) in [6.07, 6.45) is 5.94. The van der Waals surface area contributed by atoms with Crippen LogP contribution in [-0.4, -0.2) is 71.2 Å². The Hall–Kier alpha value is -4.19. The topological polar surface area (TPSA) is 134 Å². The van der Waals surface area contributed by atoms with E-state index in [9.17, 15) is 9.59 Å². The van der Waals surface area contributed by atoms with Gasteiger partial charge in [0.15, 0.2) is 6.17 Å². The van der Waals surface area contributed by atoms with Crippen molar-refractivity contribution < 1.29 is 14.3 Å². The number of amides is 2. The zero-order chi connectivity index (χ0) is 25.4. The normalized spacial score (nSPS) is 25.2. The first-order valence-electron chi connectivity index (χ1n) is 11.6. The maximum absolute atomic E-state index is 13.6. The Morgan fingerprint density at radius 2 is 2.17 bits per heavy atom. The second-order valence-electron chi connectivity index (χ2n) is 8.96. The number of amidine groups is 1. The second-order valence-corrected chi connectivity index (χ2v) is 8.96. The number of likely N-dealkylation sites (N-methyl/N-ethyl adjacent to an activating group) is 1.